The van der Waals surface area contributed by atoms with Gasteiger partial charge >= 0.3 is 0 Å². The normalized spacial score (nSPS) is 21.1. The number of amides is 5. The number of benzene rings is 2. The number of imide groups is 2. The average molecular weight is 840 g/mol. The van der Waals surface area contributed by atoms with Crippen LogP contribution in [0.1, 0.15) is 74.8 Å². The van der Waals surface area contributed by atoms with Crippen molar-refractivity contribution in [2.24, 2.45) is 0 Å². The molecule has 0 aliphatic carbocycles. The number of carbonyl (C=O) groups excluding carboxylic acids is 5. The average Bonchev–Trinajstić information content (AvgIpc) is 3.93. The van der Waals surface area contributed by atoms with Crippen LogP contribution in [0.15, 0.2) is 55.0 Å². The second-order valence-electron chi connectivity index (χ2n) is 16.3. The molecule has 2 aromatic carbocycles. The van der Waals surface area contributed by atoms with Crippen molar-refractivity contribution in [2.45, 2.75) is 49.9 Å². The molecule has 0 saturated carbocycles. The van der Waals surface area contributed by atoms with Gasteiger partial charge in [0.25, 0.3) is 24.1 Å². The molecular weight excluding hydrogens is 800 g/mol. The van der Waals surface area contributed by atoms with Gasteiger partial charge in [0.05, 0.1) is 60.9 Å². The largest absolute Gasteiger partial charge is 0.378 e. The first-order chi connectivity index (χ1) is 29.4. The van der Waals surface area contributed by atoms with Crippen molar-refractivity contribution >= 4 is 63.3 Å². The van der Waals surface area contributed by atoms with E-state index in [-0.39, 0.29) is 66.5 Å². The maximum atomic E-state index is 16.1. The number of likely N-dealkylation sites (tertiary alicyclic amines) is 1. The minimum atomic E-state index is -2.89. The summed E-state index contributed by atoms with van der Waals surface area (Å²) in [5, 5.41) is 14.3. The van der Waals surface area contributed by atoms with Gasteiger partial charge in [0.15, 0.2) is 11.3 Å². The molecule has 1 atom stereocenters. The number of alkyl halides is 3. The standard InChI is InChI=1S/C41H40F3N11O6/c42-35(43)28-17-30-23(15-31(28)46-37(57)29-18-45-53-10-7-33(47-36(29)53)51-11-13-61-14-12-51)19-54(49-30)24-5-8-50(9-6-24)20-41(44)21-52(22-41)25-1-2-26-27(16-25)40(60)55(39(26)59)32-3-4-34(56)48-38(32)58/h1-2,7,10,15-19,24,32,35H,3-6,8-9,11-14,20-22H2,(H,46,57)(H,48,56,58). The van der Waals surface area contributed by atoms with Crippen molar-refractivity contribution in [3.8, 4) is 0 Å². The molecule has 17 nitrogen and oxygen atoms in total. The number of morpholine rings is 1. The van der Waals surface area contributed by atoms with Crippen LogP contribution in [0, 0.1) is 0 Å². The zero-order chi connectivity index (χ0) is 42.2. The lowest BCUT2D eigenvalue weighted by Crippen LogP contribution is -2.64. The molecule has 5 aliphatic heterocycles. The van der Waals surface area contributed by atoms with E-state index >= 15 is 4.39 Å². The Morgan fingerprint density at radius 2 is 1.72 bits per heavy atom. The van der Waals surface area contributed by atoms with E-state index in [1.54, 1.807) is 40.2 Å². The molecule has 1 unspecified atom stereocenters. The summed E-state index contributed by atoms with van der Waals surface area (Å²) < 4.78 is 53.6. The molecule has 0 bridgehead atoms. The number of piperidine rings is 2. The summed E-state index contributed by atoms with van der Waals surface area (Å²) in [4.78, 5) is 75.4. The van der Waals surface area contributed by atoms with Gasteiger partial charge in [-0.15, -0.1) is 0 Å². The second kappa shape index (κ2) is 14.9. The Kier molecular flexibility index (Phi) is 9.50. The summed E-state index contributed by atoms with van der Waals surface area (Å²) in [6, 6.07) is 8.22. The minimum absolute atomic E-state index is 0.0234. The number of hydrogen-bond acceptors (Lipinski definition) is 12. The predicted octanol–water partition coefficient (Wildman–Crippen LogP) is 3.37. The highest BCUT2D eigenvalue weighted by atomic mass is 19.3. The Morgan fingerprint density at radius 1 is 0.951 bits per heavy atom. The third-order valence-electron chi connectivity index (χ3n) is 12.3. The Hall–Kier alpha value is -6.41. The summed E-state index contributed by atoms with van der Waals surface area (Å²) in [6.07, 6.45) is 3.34. The molecule has 316 valence electrons. The smallest absolute Gasteiger partial charge is 0.265 e. The van der Waals surface area contributed by atoms with Crippen molar-refractivity contribution in [2.75, 3.05) is 74.1 Å². The molecule has 4 saturated heterocycles. The van der Waals surface area contributed by atoms with Crippen LogP contribution < -0.4 is 20.4 Å². The van der Waals surface area contributed by atoms with Crippen molar-refractivity contribution in [1.29, 1.82) is 0 Å². The van der Waals surface area contributed by atoms with Crippen LogP contribution >= 0.6 is 0 Å². The highest BCUT2D eigenvalue weighted by Gasteiger charge is 2.48. The third kappa shape index (κ3) is 7.02. The van der Waals surface area contributed by atoms with Crippen LogP contribution in [-0.4, -0.2) is 134 Å². The molecule has 61 heavy (non-hydrogen) atoms. The lowest BCUT2D eigenvalue weighted by molar-refractivity contribution is -0.136. The van der Waals surface area contributed by atoms with Crippen LogP contribution in [-0.2, 0) is 14.3 Å². The van der Waals surface area contributed by atoms with Crippen molar-refractivity contribution in [3.63, 3.8) is 0 Å². The fraction of sp³-hybridized carbons (Fsp3) is 0.415. The monoisotopic (exact) mass is 839 g/mol. The molecule has 20 heteroatoms. The SMILES string of the molecule is O=C1CCC(N2C(=O)c3ccc(N4CC(F)(CN5CCC(n6cc7cc(NC(=O)c8cnn9ccc(N%10CCOCC%10)nc89)c(C(F)F)cc7n6)CC5)C4)cc3C2=O)C(=O)N1. The van der Waals surface area contributed by atoms with Crippen molar-refractivity contribution < 1.29 is 41.9 Å². The van der Waals surface area contributed by atoms with Crippen LogP contribution in [0.5, 0.6) is 0 Å². The van der Waals surface area contributed by atoms with E-state index in [4.69, 9.17) is 4.74 Å². The first-order valence-electron chi connectivity index (χ1n) is 20.2. The van der Waals surface area contributed by atoms with Gasteiger partial charge in [-0.1, -0.05) is 0 Å². The molecule has 5 aromatic rings. The van der Waals surface area contributed by atoms with Crippen molar-refractivity contribution in [3.05, 3.63) is 77.2 Å². The van der Waals surface area contributed by atoms with E-state index < -0.39 is 47.7 Å². The summed E-state index contributed by atoms with van der Waals surface area (Å²) in [6.45, 7) is 3.95. The van der Waals surface area contributed by atoms with Gasteiger partial charge in [-0.2, -0.15) is 10.2 Å². The summed E-state index contributed by atoms with van der Waals surface area (Å²) >= 11 is 0. The molecule has 0 radical (unpaired) electrons. The summed E-state index contributed by atoms with van der Waals surface area (Å²) in [7, 11) is 0. The van der Waals surface area contributed by atoms with Gasteiger partial charge in [-0.3, -0.25) is 43.8 Å². The van der Waals surface area contributed by atoms with E-state index in [1.807, 2.05) is 4.90 Å². The number of halogens is 3. The van der Waals surface area contributed by atoms with Crippen LogP contribution in [0.2, 0.25) is 0 Å². The zero-order valence-corrected chi connectivity index (χ0v) is 32.7. The first-order valence-corrected chi connectivity index (χ1v) is 20.2. The van der Waals surface area contributed by atoms with Gasteiger partial charge in [0.1, 0.15) is 17.4 Å². The number of aromatic nitrogens is 5. The quantitative estimate of drug-likeness (QED) is 0.207. The highest BCUT2D eigenvalue weighted by Crippen LogP contribution is 2.38. The van der Waals surface area contributed by atoms with Gasteiger partial charge in [-0.25, -0.2) is 22.7 Å². The van der Waals surface area contributed by atoms with Gasteiger partial charge in [-0.05, 0) is 55.7 Å². The maximum absolute atomic E-state index is 16.1. The predicted molar refractivity (Wildman–Crippen MR) is 213 cm³/mol. The number of rotatable bonds is 9. The molecule has 3 aromatic heterocycles. The van der Waals surface area contributed by atoms with E-state index in [1.165, 1.54) is 28.9 Å². The fourth-order valence-corrected chi connectivity index (χ4v) is 9.08. The molecule has 5 amide bonds. The molecule has 5 aliphatic rings. The van der Waals surface area contributed by atoms with Gasteiger partial charge in [0.2, 0.25) is 11.8 Å². The molecule has 8 heterocycles. The van der Waals surface area contributed by atoms with E-state index in [0.29, 0.717) is 80.3 Å². The molecule has 0 spiro atoms. The number of carbonyl (C=O) groups is 5. The van der Waals surface area contributed by atoms with E-state index in [9.17, 15) is 32.8 Å². The van der Waals surface area contributed by atoms with E-state index in [2.05, 4.69) is 30.7 Å². The topological polar surface area (TPSA) is 180 Å². The molecular formula is C41H40F3N11O6. The van der Waals surface area contributed by atoms with Gasteiger partial charge < -0.3 is 19.9 Å². The Bertz CT molecular complexity index is 2630. The molecule has 4 fully saturated rings. The fourth-order valence-electron chi connectivity index (χ4n) is 9.08. The number of anilines is 3. The minimum Gasteiger partial charge on any atom is -0.378 e. The van der Waals surface area contributed by atoms with E-state index in [0.717, 1.165) is 4.90 Å². The summed E-state index contributed by atoms with van der Waals surface area (Å²) in [5.74, 6) is -2.32. The zero-order valence-electron chi connectivity index (χ0n) is 32.7. The lowest BCUT2D eigenvalue weighted by atomic mass is 9.92. The number of nitrogens with one attached hydrogen (secondary N) is 2. The number of nitrogens with zero attached hydrogens (tertiary/aromatic N) is 9. The first kappa shape index (κ1) is 38.8. The van der Waals surface area contributed by atoms with Crippen LogP contribution in [0.4, 0.5) is 30.4 Å². The third-order valence-corrected chi connectivity index (χ3v) is 12.3. The lowest BCUT2D eigenvalue weighted by Gasteiger charge is -2.48. The Morgan fingerprint density at radius 3 is 2.48 bits per heavy atom. The Labute approximate surface area is 345 Å². The number of fused-ring (bicyclic) bond motifs is 3. The number of hydrogen-bond donors (Lipinski definition) is 2. The maximum Gasteiger partial charge on any atom is 0.265 e. The highest BCUT2D eigenvalue weighted by molar-refractivity contribution is 6.23. The second-order valence-corrected chi connectivity index (χ2v) is 16.3. The van der Waals surface area contributed by atoms with Crippen LogP contribution in [0.25, 0.3) is 16.6 Å². The van der Waals surface area contributed by atoms with Crippen molar-refractivity contribution in [1.82, 2.24) is 39.5 Å². The Balaban J connectivity index is 0.766. The molecule has 10 rings (SSSR count). The summed E-state index contributed by atoms with van der Waals surface area (Å²) in [5.41, 5.74) is -0.224. The molecule has 2 N–H and O–H groups in total. The number of ether oxygens (including phenoxy) is 1. The van der Waals surface area contributed by atoms with Gasteiger partial charge in [0, 0.05) is 68.2 Å². The van der Waals surface area contributed by atoms with Crippen LogP contribution in [0.3, 0.4) is 0 Å².